The fraction of sp³-hybridized carbons (Fsp3) is 0.350. The number of hydrogen-bond donors (Lipinski definition) is 1. The molecule has 128 valence electrons. The normalized spacial score (nSPS) is 10.6. The van der Waals surface area contributed by atoms with Crippen molar-refractivity contribution in [2.45, 2.75) is 19.1 Å². The van der Waals surface area contributed by atoms with Crippen molar-refractivity contribution >= 4 is 17.7 Å². The predicted molar refractivity (Wildman–Crippen MR) is 101 cm³/mol. The van der Waals surface area contributed by atoms with E-state index in [0.29, 0.717) is 18.8 Å². The second-order valence-corrected chi connectivity index (χ2v) is 6.80. The van der Waals surface area contributed by atoms with Crippen molar-refractivity contribution in [1.29, 1.82) is 0 Å². The van der Waals surface area contributed by atoms with E-state index in [0.717, 1.165) is 12.2 Å². The molecule has 1 amide bonds. The maximum atomic E-state index is 12.4. The summed E-state index contributed by atoms with van der Waals surface area (Å²) in [6.07, 6.45) is 0.815. The lowest BCUT2D eigenvalue weighted by atomic mass is 10.1. The van der Waals surface area contributed by atoms with Crippen LogP contribution in [-0.2, 0) is 17.0 Å². The van der Waals surface area contributed by atoms with Crippen molar-refractivity contribution in [3.63, 3.8) is 0 Å². The topological polar surface area (TPSA) is 40.5 Å². The van der Waals surface area contributed by atoms with Gasteiger partial charge in [-0.05, 0) is 24.5 Å². The van der Waals surface area contributed by atoms with Crippen LogP contribution in [-0.4, -0.2) is 41.4 Å². The number of nitrogens with zero attached hydrogens (tertiary/aromatic N) is 1. The van der Waals surface area contributed by atoms with E-state index >= 15 is 0 Å². The first kappa shape index (κ1) is 18.6. The highest BCUT2D eigenvalue weighted by Crippen LogP contribution is 2.14. The van der Waals surface area contributed by atoms with E-state index in [1.807, 2.05) is 18.2 Å². The summed E-state index contributed by atoms with van der Waals surface area (Å²) in [5.74, 6) is 1.37. The molecule has 0 aromatic heterocycles. The Morgan fingerprint density at radius 1 is 1.00 bits per heavy atom. The number of hydrogen-bond acceptors (Lipinski definition) is 3. The average molecular weight is 343 g/mol. The van der Waals surface area contributed by atoms with Gasteiger partial charge in [-0.25, -0.2) is 0 Å². The molecule has 0 aliphatic rings. The van der Waals surface area contributed by atoms with E-state index in [4.69, 9.17) is 0 Å². The van der Waals surface area contributed by atoms with Crippen molar-refractivity contribution in [3.05, 3.63) is 71.3 Å². The Bertz CT molecular complexity index is 613. The first-order valence-corrected chi connectivity index (χ1v) is 9.40. The first-order valence-electron chi connectivity index (χ1n) is 8.25. The molecule has 24 heavy (non-hydrogen) atoms. The molecule has 0 aliphatic carbocycles. The Morgan fingerprint density at radius 2 is 1.71 bits per heavy atom. The Labute approximate surface area is 148 Å². The highest BCUT2D eigenvalue weighted by atomic mass is 32.2. The standard InChI is InChI=1S/C20H25NO2S/c1-17-7-9-19(10-8-17)15-24-16-20(23)21(13-14-22)12-11-18-5-3-2-4-6-18/h2-10,22H,11-16H2,1H3. The summed E-state index contributed by atoms with van der Waals surface area (Å²) in [6, 6.07) is 18.5. The highest BCUT2D eigenvalue weighted by molar-refractivity contribution is 7.99. The lowest BCUT2D eigenvalue weighted by molar-refractivity contribution is -0.128. The lowest BCUT2D eigenvalue weighted by Crippen LogP contribution is -2.36. The molecular weight excluding hydrogens is 318 g/mol. The third kappa shape index (κ3) is 6.38. The number of aryl methyl sites for hydroxylation is 1. The van der Waals surface area contributed by atoms with Crippen LogP contribution in [0.15, 0.2) is 54.6 Å². The van der Waals surface area contributed by atoms with E-state index in [1.54, 1.807) is 16.7 Å². The predicted octanol–water partition coefficient (Wildman–Crippen LogP) is 3.29. The molecular formula is C20H25NO2S. The van der Waals surface area contributed by atoms with Crippen LogP contribution >= 0.6 is 11.8 Å². The van der Waals surface area contributed by atoms with Gasteiger partial charge in [0.05, 0.1) is 12.4 Å². The zero-order valence-electron chi connectivity index (χ0n) is 14.1. The molecule has 0 saturated carbocycles. The van der Waals surface area contributed by atoms with Gasteiger partial charge in [0.1, 0.15) is 0 Å². The summed E-state index contributed by atoms with van der Waals surface area (Å²) in [5.41, 5.74) is 3.69. The summed E-state index contributed by atoms with van der Waals surface area (Å²) < 4.78 is 0. The summed E-state index contributed by atoms with van der Waals surface area (Å²) in [4.78, 5) is 14.2. The van der Waals surface area contributed by atoms with Crippen LogP contribution in [0, 0.1) is 6.92 Å². The number of carbonyl (C=O) groups excluding carboxylic acids is 1. The van der Waals surface area contributed by atoms with Crippen LogP contribution < -0.4 is 0 Å². The minimum Gasteiger partial charge on any atom is -0.395 e. The van der Waals surface area contributed by atoms with Crippen molar-refractivity contribution in [2.75, 3.05) is 25.4 Å². The van der Waals surface area contributed by atoms with Crippen molar-refractivity contribution < 1.29 is 9.90 Å². The molecule has 0 aliphatic heterocycles. The largest absolute Gasteiger partial charge is 0.395 e. The molecule has 1 N–H and O–H groups in total. The quantitative estimate of drug-likeness (QED) is 0.759. The fourth-order valence-electron chi connectivity index (χ4n) is 2.42. The molecule has 4 heteroatoms. The lowest BCUT2D eigenvalue weighted by Gasteiger charge is -2.21. The Morgan fingerprint density at radius 3 is 2.38 bits per heavy atom. The van der Waals surface area contributed by atoms with Crippen LogP contribution in [0.4, 0.5) is 0 Å². The average Bonchev–Trinajstić information content (AvgIpc) is 2.61. The number of carbonyl (C=O) groups is 1. The smallest absolute Gasteiger partial charge is 0.232 e. The van der Waals surface area contributed by atoms with E-state index in [2.05, 4.69) is 43.3 Å². The van der Waals surface area contributed by atoms with E-state index in [9.17, 15) is 9.90 Å². The molecule has 0 atom stereocenters. The van der Waals surface area contributed by atoms with E-state index in [1.165, 1.54) is 16.7 Å². The van der Waals surface area contributed by atoms with Gasteiger partial charge in [-0.15, -0.1) is 11.8 Å². The molecule has 0 unspecified atom stereocenters. The monoisotopic (exact) mass is 343 g/mol. The van der Waals surface area contributed by atoms with Gasteiger partial charge in [0.2, 0.25) is 5.91 Å². The molecule has 0 bridgehead atoms. The SMILES string of the molecule is Cc1ccc(CSCC(=O)N(CCO)CCc2ccccc2)cc1. The van der Waals surface area contributed by atoms with Gasteiger partial charge in [0.25, 0.3) is 0 Å². The molecule has 2 aromatic carbocycles. The summed E-state index contributed by atoms with van der Waals surface area (Å²) in [5, 5.41) is 9.21. The van der Waals surface area contributed by atoms with Crippen LogP contribution in [0.1, 0.15) is 16.7 Å². The number of aliphatic hydroxyl groups is 1. The molecule has 0 spiro atoms. The van der Waals surface area contributed by atoms with Gasteiger partial charge in [-0.2, -0.15) is 0 Å². The molecule has 0 fully saturated rings. The molecule has 0 saturated heterocycles. The Hall–Kier alpha value is -1.78. The Balaban J connectivity index is 1.78. The number of thioether (sulfide) groups is 1. The van der Waals surface area contributed by atoms with Gasteiger partial charge in [-0.1, -0.05) is 60.2 Å². The number of amides is 1. The number of aliphatic hydroxyl groups excluding tert-OH is 1. The zero-order valence-corrected chi connectivity index (χ0v) is 15.0. The van der Waals surface area contributed by atoms with Crippen LogP contribution in [0.2, 0.25) is 0 Å². The minimum absolute atomic E-state index is 0.00313. The van der Waals surface area contributed by atoms with Crippen LogP contribution in [0.5, 0.6) is 0 Å². The minimum atomic E-state index is 0.00313. The zero-order chi connectivity index (χ0) is 17.2. The Kier molecular flexibility index (Phi) is 7.86. The van der Waals surface area contributed by atoms with Crippen LogP contribution in [0.25, 0.3) is 0 Å². The maximum absolute atomic E-state index is 12.4. The number of benzene rings is 2. The van der Waals surface area contributed by atoms with E-state index in [-0.39, 0.29) is 12.5 Å². The summed E-state index contributed by atoms with van der Waals surface area (Å²) in [7, 11) is 0. The third-order valence-corrected chi connectivity index (χ3v) is 4.84. The molecule has 3 nitrogen and oxygen atoms in total. The highest BCUT2D eigenvalue weighted by Gasteiger charge is 2.13. The molecule has 2 rings (SSSR count). The second kappa shape index (κ2) is 10.2. The van der Waals surface area contributed by atoms with Gasteiger partial charge in [0.15, 0.2) is 0 Å². The van der Waals surface area contributed by atoms with E-state index < -0.39 is 0 Å². The van der Waals surface area contributed by atoms with Gasteiger partial charge < -0.3 is 10.0 Å². The van der Waals surface area contributed by atoms with Crippen molar-refractivity contribution in [2.24, 2.45) is 0 Å². The molecule has 2 aromatic rings. The third-order valence-electron chi connectivity index (χ3n) is 3.85. The fourth-order valence-corrected chi connectivity index (χ4v) is 3.31. The van der Waals surface area contributed by atoms with Crippen molar-refractivity contribution in [1.82, 2.24) is 4.90 Å². The van der Waals surface area contributed by atoms with Gasteiger partial charge in [0, 0.05) is 18.8 Å². The molecule has 0 heterocycles. The maximum Gasteiger partial charge on any atom is 0.232 e. The van der Waals surface area contributed by atoms with Gasteiger partial charge in [-0.3, -0.25) is 4.79 Å². The summed E-state index contributed by atoms with van der Waals surface area (Å²) >= 11 is 1.62. The van der Waals surface area contributed by atoms with Crippen LogP contribution in [0.3, 0.4) is 0 Å². The molecule has 0 radical (unpaired) electrons. The first-order chi connectivity index (χ1) is 11.7. The number of rotatable bonds is 9. The second-order valence-electron chi connectivity index (χ2n) is 5.82. The van der Waals surface area contributed by atoms with Crippen molar-refractivity contribution in [3.8, 4) is 0 Å². The van der Waals surface area contributed by atoms with Gasteiger partial charge >= 0.3 is 0 Å². The summed E-state index contributed by atoms with van der Waals surface area (Å²) in [6.45, 7) is 3.12.